The quantitative estimate of drug-likeness (QED) is 0.603. The van der Waals surface area contributed by atoms with Crippen molar-refractivity contribution in [3.8, 4) is 17.0 Å². The molecule has 1 spiro atoms. The molecule has 4 heterocycles. The van der Waals surface area contributed by atoms with E-state index in [1.54, 1.807) is 0 Å². The topological polar surface area (TPSA) is 76.6 Å². The second kappa shape index (κ2) is 8.05. The molecule has 0 unspecified atom stereocenters. The molecule has 2 aromatic heterocycles. The number of pyridine rings is 1. The maximum Gasteiger partial charge on any atom is 0.323 e. The first-order valence-corrected chi connectivity index (χ1v) is 11.1. The molecule has 9 heteroatoms. The normalized spacial score (nSPS) is 21.0. The molecule has 0 saturated carbocycles. The van der Waals surface area contributed by atoms with E-state index in [-0.39, 0.29) is 17.3 Å². The minimum atomic E-state index is -0.629. The summed E-state index contributed by atoms with van der Waals surface area (Å²) in [7, 11) is 1.43. The Balaban J connectivity index is 1.44. The molecular formula is C22H23FN4O3S. The fraction of sp³-hybridized carbons (Fsp3) is 0.409. The van der Waals surface area contributed by atoms with Gasteiger partial charge in [0.25, 0.3) is 0 Å². The van der Waals surface area contributed by atoms with Gasteiger partial charge in [0.05, 0.1) is 24.0 Å². The van der Waals surface area contributed by atoms with E-state index in [0.717, 1.165) is 25.9 Å². The largest absolute Gasteiger partial charge is 0.479 e. The van der Waals surface area contributed by atoms with Crippen LogP contribution in [0, 0.1) is 11.4 Å². The summed E-state index contributed by atoms with van der Waals surface area (Å²) in [6.07, 6.45) is 3.07. The van der Waals surface area contributed by atoms with E-state index in [4.69, 9.17) is 9.47 Å². The van der Waals surface area contributed by atoms with Gasteiger partial charge in [0.15, 0.2) is 5.13 Å². The Morgan fingerprint density at radius 1 is 1.29 bits per heavy atom. The second-order valence-corrected chi connectivity index (χ2v) is 9.11. The highest BCUT2D eigenvalue weighted by Crippen LogP contribution is 2.41. The molecule has 0 bridgehead atoms. The number of carbonyl (C=O) groups is 1. The van der Waals surface area contributed by atoms with E-state index in [9.17, 15) is 9.18 Å². The SMILES string of the molecule is COc1nc(F)c(-c2ccccc2)c2sc(NC(=O)N3CC[C@]4(CCCOC4)C3)nc12. The van der Waals surface area contributed by atoms with Gasteiger partial charge in [-0.2, -0.15) is 9.37 Å². The second-order valence-electron chi connectivity index (χ2n) is 8.11. The number of nitrogens with one attached hydrogen (secondary N) is 1. The Bertz CT molecular complexity index is 1110. The van der Waals surface area contributed by atoms with Gasteiger partial charge in [0.2, 0.25) is 11.8 Å². The van der Waals surface area contributed by atoms with Crippen molar-refractivity contribution in [2.75, 3.05) is 38.7 Å². The Labute approximate surface area is 183 Å². The molecule has 2 aliphatic heterocycles. The van der Waals surface area contributed by atoms with Crippen molar-refractivity contribution in [2.24, 2.45) is 5.41 Å². The Hall–Kier alpha value is -2.78. The minimum Gasteiger partial charge on any atom is -0.479 e. The van der Waals surface area contributed by atoms with E-state index < -0.39 is 5.95 Å². The number of carbonyl (C=O) groups excluding carboxylic acids is 1. The van der Waals surface area contributed by atoms with Crippen molar-refractivity contribution >= 4 is 32.7 Å². The Morgan fingerprint density at radius 2 is 2.13 bits per heavy atom. The van der Waals surface area contributed by atoms with Gasteiger partial charge in [-0.15, -0.1) is 0 Å². The summed E-state index contributed by atoms with van der Waals surface area (Å²) >= 11 is 1.22. The van der Waals surface area contributed by atoms with Crippen LogP contribution in [0.15, 0.2) is 30.3 Å². The molecule has 162 valence electrons. The molecule has 0 radical (unpaired) electrons. The highest BCUT2D eigenvalue weighted by molar-refractivity contribution is 7.23. The van der Waals surface area contributed by atoms with Gasteiger partial charge in [-0.1, -0.05) is 41.7 Å². The lowest BCUT2D eigenvalue weighted by Crippen LogP contribution is -2.38. The van der Waals surface area contributed by atoms with Gasteiger partial charge in [-0.05, 0) is 24.8 Å². The van der Waals surface area contributed by atoms with Gasteiger partial charge in [-0.3, -0.25) is 5.32 Å². The highest BCUT2D eigenvalue weighted by Gasteiger charge is 2.41. The van der Waals surface area contributed by atoms with Crippen molar-refractivity contribution in [3.63, 3.8) is 0 Å². The number of rotatable bonds is 3. The lowest BCUT2D eigenvalue weighted by molar-refractivity contribution is -0.000213. The molecule has 2 aliphatic rings. The summed E-state index contributed by atoms with van der Waals surface area (Å²) < 4.78 is 26.3. The predicted octanol–water partition coefficient (Wildman–Crippen LogP) is 4.54. The summed E-state index contributed by atoms with van der Waals surface area (Å²) in [6, 6.07) is 8.99. The zero-order valence-electron chi connectivity index (χ0n) is 17.2. The number of likely N-dealkylation sites (tertiary alicyclic amines) is 1. The lowest BCUT2D eigenvalue weighted by Gasteiger charge is -2.32. The number of amides is 2. The molecule has 5 rings (SSSR count). The average Bonchev–Trinajstić information content (AvgIpc) is 3.39. The van der Waals surface area contributed by atoms with Crippen LogP contribution in [-0.2, 0) is 4.74 Å². The van der Waals surface area contributed by atoms with Crippen LogP contribution in [-0.4, -0.2) is 54.3 Å². The van der Waals surface area contributed by atoms with Crippen LogP contribution in [0.3, 0.4) is 0 Å². The van der Waals surface area contributed by atoms with Crippen LogP contribution >= 0.6 is 11.3 Å². The molecule has 2 saturated heterocycles. The zero-order valence-corrected chi connectivity index (χ0v) is 18.0. The third-order valence-corrected chi connectivity index (χ3v) is 7.05. The number of benzene rings is 1. The fourth-order valence-corrected chi connectivity index (χ4v) is 5.49. The summed E-state index contributed by atoms with van der Waals surface area (Å²) in [6.45, 7) is 2.88. The first-order chi connectivity index (χ1) is 15.1. The van der Waals surface area contributed by atoms with E-state index in [0.29, 0.717) is 46.2 Å². The van der Waals surface area contributed by atoms with E-state index in [1.165, 1.54) is 18.4 Å². The minimum absolute atomic E-state index is 0.0694. The summed E-state index contributed by atoms with van der Waals surface area (Å²) in [5.74, 6) is -0.528. The highest BCUT2D eigenvalue weighted by atomic mass is 32.1. The molecule has 1 atom stereocenters. The third-order valence-electron chi connectivity index (χ3n) is 6.06. The number of aromatic nitrogens is 2. The standard InChI is InChI=1S/C22H23FN4O3S/c1-29-19-16-17(15(18(23)25-19)14-6-3-2-4-7-14)31-20(24-16)26-21(28)27-10-9-22(12-27)8-5-11-30-13-22/h2-4,6-7H,5,8-13H2,1H3,(H,24,26,28)/t22-/m1/s1. The van der Waals surface area contributed by atoms with Crippen molar-refractivity contribution in [2.45, 2.75) is 19.3 Å². The number of thiazole rings is 1. The Morgan fingerprint density at radius 3 is 2.87 bits per heavy atom. The van der Waals surface area contributed by atoms with Crippen LogP contribution < -0.4 is 10.1 Å². The smallest absolute Gasteiger partial charge is 0.323 e. The van der Waals surface area contributed by atoms with Crippen LogP contribution in [0.25, 0.3) is 21.3 Å². The van der Waals surface area contributed by atoms with Crippen LogP contribution in [0.4, 0.5) is 14.3 Å². The van der Waals surface area contributed by atoms with Crippen LogP contribution in [0.1, 0.15) is 19.3 Å². The van der Waals surface area contributed by atoms with Gasteiger partial charge < -0.3 is 14.4 Å². The van der Waals surface area contributed by atoms with Crippen LogP contribution in [0.2, 0.25) is 0 Å². The third kappa shape index (κ3) is 3.72. The predicted molar refractivity (Wildman–Crippen MR) is 117 cm³/mol. The molecule has 0 aliphatic carbocycles. The van der Waals surface area contributed by atoms with E-state index in [1.807, 2.05) is 35.2 Å². The van der Waals surface area contributed by atoms with Gasteiger partial charge >= 0.3 is 6.03 Å². The zero-order chi connectivity index (χ0) is 21.4. The molecule has 1 N–H and O–H groups in total. The summed E-state index contributed by atoms with van der Waals surface area (Å²) in [4.78, 5) is 23.2. The number of anilines is 1. The van der Waals surface area contributed by atoms with Crippen LogP contribution in [0.5, 0.6) is 5.88 Å². The number of fused-ring (bicyclic) bond motifs is 1. The molecule has 1 aromatic carbocycles. The van der Waals surface area contributed by atoms with Crippen molar-refractivity contribution in [1.29, 1.82) is 0 Å². The molecule has 2 fully saturated rings. The molecular weight excluding hydrogens is 419 g/mol. The first-order valence-electron chi connectivity index (χ1n) is 10.3. The fourth-order valence-electron chi connectivity index (χ4n) is 4.49. The van der Waals surface area contributed by atoms with Crippen molar-refractivity contribution < 1.29 is 18.7 Å². The average molecular weight is 443 g/mol. The maximum absolute atomic E-state index is 14.9. The monoisotopic (exact) mass is 442 g/mol. The molecule has 3 aromatic rings. The number of halogens is 1. The van der Waals surface area contributed by atoms with E-state index >= 15 is 0 Å². The number of methoxy groups -OCH3 is 1. The number of hydrogen-bond donors (Lipinski definition) is 1. The van der Waals surface area contributed by atoms with E-state index in [2.05, 4.69) is 15.3 Å². The summed E-state index contributed by atoms with van der Waals surface area (Å²) in [5.41, 5.74) is 1.55. The molecule has 31 heavy (non-hydrogen) atoms. The molecule has 7 nitrogen and oxygen atoms in total. The number of hydrogen-bond acceptors (Lipinski definition) is 6. The van der Waals surface area contributed by atoms with Crippen molar-refractivity contribution in [1.82, 2.24) is 14.9 Å². The van der Waals surface area contributed by atoms with Gasteiger partial charge in [0, 0.05) is 25.1 Å². The number of nitrogens with zero attached hydrogens (tertiary/aromatic N) is 3. The lowest BCUT2D eigenvalue weighted by atomic mass is 9.82. The first kappa shape index (κ1) is 20.1. The number of urea groups is 1. The van der Waals surface area contributed by atoms with Gasteiger partial charge in [-0.25, -0.2) is 9.78 Å². The Kier molecular flexibility index (Phi) is 5.23. The van der Waals surface area contributed by atoms with Gasteiger partial charge in [0.1, 0.15) is 5.52 Å². The van der Waals surface area contributed by atoms with Crippen molar-refractivity contribution in [3.05, 3.63) is 36.3 Å². The maximum atomic E-state index is 14.9. The summed E-state index contributed by atoms with van der Waals surface area (Å²) in [5, 5.41) is 3.28. The number of ether oxygens (including phenoxy) is 2. The molecule has 2 amide bonds.